The number of rotatable bonds is 1. The van der Waals surface area contributed by atoms with Crippen LogP contribution >= 0.6 is 0 Å². The first-order valence-corrected chi connectivity index (χ1v) is 2.64. The molecular weight excluding hydrogens is 188 g/mol. The molecule has 0 saturated carbocycles. The van der Waals surface area contributed by atoms with Crippen LogP contribution in [0.2, 0.25) is 0 Å². The minimum Gasteiger partial charge on any atom is -0.505 e. The van der Waals surface area contributed by atoms with E-state index < -0.39 is 5.91 Å². The molecule has 3 N–H and O–H groups in total. The second-order valence-corrected chi connectivity index (χ2v) is 1.76. The van der Waals surface area contributed by atoms with Crippen LogP contribution in [0.5, 0.6) is 5.75 Å². The van der Waals surface area contributed by atoms with Gasteiger partial charge in [-0.3, -0.25) is 9.78 Å². The number of aromatic hydroxyl groups is 1. The fourth-order valence-electron chi connectivity index (χ4n) is 0.594. The Morgan fingerprint density at radius 3 is 2.64 bits per heavy atom. The molecule has 4 nitrogen and oxygen atoms in total. The Balaban J connectivity index is 0.000001000. The molecule has 58 valence electrons. The fraction of sp³-hybridized carbons (Fsp3) is 0. The van der Waals surface area contributed by atoms with Crippen LogP contribution in [0.1, 0.15) is 10.4 Å². The minimum atomic E-state index is -0.653. The summed E-state index contributed by atoms with van der Waals surface area (Å²) in [6, 6.07) is 1.36. The average Bonchev–Trinajstić information content (AvgIpc) is 1.88. The zero-order valence-corrected chi connectivity index (χ0v) is 6.57. The number of aromatic nitrogens is 1. The summed E-state index contributed by atoms with van der Waals surface area (Å²) in [7, 11) is 0. The van der Waals surface area contributed by atoms with Crippen molar-refractivity contribution >= 4 is 5.91 Å². The number of nitrogens with two attached hydrogens (primary N) is 1. The van der Waals surface area contributed by atoms with Gasteiger partial charge >= 0.3 is 17.1 Å². The number of nitrogens with zero attached hydrogens (tertiary/aromatic N) is 1. The molecule has 0 aliphatic rings. The standard InChI is InChI=1S/C6H6N2O2.Fe/c7-6(10)4-1-2-8-3-5(4)9;/h1-3,9H,(H2,7,10);/q;+2. The van der Waals surface area contributed by atoms with Gasteiger partial charge in [0.1, 0.15) is 5.75 Å². The van der Waals surface area contributed by atoms with Gasteiger partial charge in [-0.1, -0.05) is 0 Å². The fourth-order valence-corrected chi connectivity index (χ4v) is 0.594. The molecule has 0 atom stereocenters. The number of amides is 1. The van der Waals surface area contributed by atoms with Crippen LogP contribution in [0, 0.1) is 0 Å². The van der Waals surface area contributed by atoms with E-state index in [2.05, 4.69) is 4.98 Å². The summed E-state index contributed by atoms with van der Waals surface area (Å²) < 4.78 is 0. The summed E-state index contributed by atoms with van der Waals surface area (Å²) in [5, 5.41) is 8.92. The first-order valence-electron chi connectivity index (χ1n) is 2.64. The summed E-state index contributed by atoms with van der Waals surface area (Å²) in [5.41, 5.74) is 4.98. The summed E-state index contributed by atoms with van der Waals surface area (Å²) in [4.78, 5) is 14.0. The van der Waals surface area contributed by atoms with E-state index in [1.54, 1.807) is 0 Å². The predicted molar refractivity (Wildman–Crippen MR) is 34.4 cm³/mol. The van der Waals surface area contributed by atoms with Crippen molar-refractivity contribution in [2.45, 2.75) is 0 Å². The van der Waals surface area contributed by atoms with E-state index in [9.17, 15) is 4.79 Å². The Hall–Kier alpha value is -1.06. The molecule has 0 aliphatic carbocycles. The van der Waals surface area contributed by atoms with E-state index in [1.165, 1.54) is 18.5 Å². The van der Waals surface area contributed by atoms with Crippen molar-refractivity contribution < 1.29 is 27.0 Å². The van der Waals surface area contributed by atoms with Crippen LogP contribution in [0.25, 0.3) is 0 Å². The summed E-state index contributed by atoms with van der Waals surface area (Å²) >= 11 is 0. The third-order valence-corrected chi connectivity index (χ3v) is 1.07. The molecule has 1 aromatic heterocycles. The van der Waals surface area contributed by atoms with E-state index in [0.29, 0.717) is 0 Å². The van der Waals surface area contributed by atoms with Gasteiger partial charge in [0, 0.05) is 6.20 Å². The van der Waals surface area contributed by atoms with Gasteiger partial charge in [0.2, 0.25) is 0 Å². The Morgan fingerprint density at radius 1 is 1.64 bits per heavy atom. The van der Waals surface area contributed by atoms with E-state index in [0.717, 1.165) is 0 Å². The number of hydrogen-bond donors (Lipinski definition) is 2. The van der Waals surface area contributed by atoms with Gasteiger partial charge in [-0.25, -0.2) is 0 Å². The normalized spacial score (nSPS) is 8.36. The molecule has 11 heavy (non-hydrogen) atoms. The molecule has 0 spiro atoms. The molecule has 0 fully saturated rings. The van der Waals surface area contributed by atoms with Crippen molar-refractivity contribution in [2.24, 2.45) is 5.73 Å². The summed E-state index contributed by atoms with van der Waals surface area (Å²) in [5.74, 6) is -0.838. The van der Waals surface area contributed by atoms with Crippen LogP contribution in [-0.2, 0) is 17.1 Å². The zero-order chi connectivity index (χ0) is 7.56. The van der Waals surface area contributed by atoms with Gasteiger partial charge in [0.15, 0.2) is 0 Å². The topological polar surface area (TPSA) is 76.2 Å². The van der Waals surface area contributed by atoms with Crippen molar-refractivity contribution in [3.63, 3.8) is 0 Å². The molecule has 5 heteroatoms. The Morgan fingerprint density at radius 2 is 2.27 bits per heavy atom. The van der Waals surface area contributed by atoms with Gasteiger partial charge < -0.3 is 10.8 Å². The van der Waals surface area contributed by atoms with Crippen LogP contribution in [-0.4, -0.2) is 16.0 Å². The van der Waals surface area contributed by atoms with Gasteiger partial charge in [0.05, 0.1) is 11.8 Å². The summed E-state index contributed by atoms with van der Waals surface area (Å²) in [6.45, 7) is 0. The monoisotopic (exact) mass is 194 g/mol. The van der Waals surface area contributed by atoms with Gasteiger partial charge in [0.25, 0.3) is 5.91 Å². The Kier molecular flexibility index (Phi) is 3.57. The molecule has 0 unspecified atom stereocenters. The number of carbonyl (C=O) groups excluding carboxylic acids is 1. The van der Waals surface area contributed by atoms with Gasteiger partial charge in [-0.05, 0) is 6.07 Å². The van der Waals surface area contributed by atoms with Gasteiger partial charge in [-0.15, -0.1) is 0 Å². The van der Waals surface area contributed by atoms with Gasteiger partial charge in [-0.2, -0.15) is 0 Å². The summed E-state index contributed by atoms with van der Waals surface area (Å²) in [6.07, 6.45) is 2.56. The molecule has 0 radical (unpaired) electrons. The predicted octanol–water partition coefficient (Wildman–Crippen LogP) is -0.116. The van der Waals surface area contributed by atoms with Crippen molar-refractivity contribution in [2.75, 3.05) is 0 Å². The quantitative estimate of drug-likeness (QED) is 0.612. The molecule has 1 aromatic rings. The van der Waals surface area contributed by atoms with Crippen molar-refractivity contribution in [3.8, 4) is 5.75 Å². The second-order valence-electron chi connectivity index (χ2n) is 1.76. The number of primary amides is 1. The third kappa shape index (κ3) is 2.22. The van der Waals surface area contributed by atoms with Crippen molar-refractivity contribution in [3.05, 3.63) is 24.0 Å². The maximum Gasteiger partial charge on any atom is 2.00 e. The third-order valence-electron chi connectivity index (χ3n) is 1.07. The van der Waals surface area contributed by atoms with Crippen molar-refractivity contribution in [1.82, 2.24) is 4.98 Å². The van der Waals surface area contributed by atoms with Crippen LogP contribution in [0.15, 0.2) is 18.5 Å². The largest absolute Gasteiger partial charge is 2.00 e. The SMILES string of the molecule is NC(=O)c1ccncc1O.[Fe+2]. The van der Waals surface area contributed by atoms with E-state index in [1.807, 2.05) is 0 Å². The average molecular weight is 194 g/mol. The first-order chi connectivity index (χ1) is 4.72. The van der Waals surface area contributed by atoms with E-state index in [-0.39, 0.29) is 28.4 Å². The second kappa shape index (κ2) is 3.95. The molecule has 1 rings (SSSR count). The zero-order valence-electron chi connectivity index (χ0n) is 5.47. The van der Waals surface area contributed by atoms with Crippen molar-refractivity contribution in [1.29, 1.82) is 0 Å². The number of hydrogen-bond acceptors (Lipinski definition) is 3. The minimum absolute atomic E-state index is 0. The van der Waals surface area contributed by atoms with E-state index >= 15 is 0 Å². The smallest absolute Gasteiger partial charge is 0.505 e. The molecule has 1 heterocycles. The van der Waals surface area contributed by atoms with Crippen LogP contribution < -0.4 is 5.73 Å². The molecule has 1 amide bonds. The Labute approximate surface area is 73.9 Å². The molecular formula is C6H6FeN2O2+2. The Bertz CT molecular complexity index is 265. The molecule has 0 saturated heterocycles. The number of pyridine rings is 1. The molecule has 0 aromatic carbocycles. The number of carbonyl (C=O) groups is 1. The maximum atomic E-state index is 10.5. The van der Waals surface area contributed by atoms with Crippen LogP contribution in [0.3, 0.4) is 0 Å². The van der Waals surface area contributed by atoms with Crippen LogP contribution in [0.4, 0.5) is 0 Å². The van der Waals surface area contributed by atoms with E-state index in [4.69, 9.17) is 10.8 Å². The maximum absolute atomic E-state index is 10.5. The first kappa shape index (κ1) is 9.94. The molecule has 0 aliphatic heterocycles. The molecule has 0 bridgehead atoms.